The van der Waals surface area contributed by atoms with E-state index in [1.807, 2.05) is 23.1 Å². The van der Waals surface area contributed by atoms with Gasteiger partial charge in [0.25, 0.3) is 5.91 Å². The summed E-state index contributed by atoms with van der Waals surface area (Å²) < 4.78 is 0. The van der Waals surface area contributed by atoms with Gasteiger partial charge in [0.15, 0.2) is 0 Å². The Hall–Kier alpha value is -1.55. The molecule has 3 nitrogen and oxygen atoms in total. The van der Waals surface area contributed by atoms with Gasteiger partial charge >= 0.3 is 0 Å². The van der Waals surface area contributed by atoms with Crippen LogP contribution >= 0.6 is 24.0 Å². The molecule has 0 saturated carbocycles. The van der Waals surface area contributed by atoms with Crippen LogP contribution in [0.4, 0.5) is 0 Å². The average molecular weight is 351 g/mol. The summed E-state index contributed by atoms with van der Waals surface area (Å²) in [7, 11) is 0. The maximum absolute atomic E-state index is 12.5. The third-order valence-electron chi connectivity index (χ3n) is 4.01. The standard InChI is InChI=1S/C18H19ClN2O.ClH/c19-17-9-5-4-8-16(17)18(22)21-12-10-20(11-13-21)14-15-6-2-1-3-7-15;/h1-9H,10-14H2;1H. The van der Waals surface area contributed by atoms with Crippen LogP contribution in [0.25, 0.3) is 0 Å². The van der Waals surface area contributed by atoms with Gasteiger partial charge in [-0.05, 0) is 17.7 Å². The number of amides is 1. The zero-order valence-corrected chi connectivity index (χ0v) is 14.4. The van der Waals surface area contributed by atoms with Gasteiger partial charge in [0.05, 0.1) is 10.6 Å². The Bertz CT molecular complexity index is 640. The average Bonchev–Trinajstić information content (AvgIpc) is 2.56. The molecular weight excluding hydrogens is 331 g/mol. The summed E-state index contributed by atoms with van der Waals surface area (Å²) in [5.41, 5.74) is 1.91. The Kier molecular flexibility index (Phi) is 6.46. The van der Waals surface area contributed by atoms with Crippen molar-refractivity contribution in [2.45, 2.75) is 6.54 Å². The van der Waals surface area contributed by atoms with Gasteiger partial charge in [0.1, 0.15) is 0 Å². The second-order valence-corrected chi connectivity index (χ2v) is 5.94. The first-order chi connectivity index (χ1) is 10.7. The minimum atomic E-state index is 0. The predicted octanol–water partition coefficient (Wildman–Crippen LogP) is 3.72. The first-order valence-corrected chi connectivity index (χ1v) is 7.92. The number of piperazine rings is 1. The summed E-state index contributed by atoms with van der Waals surface area (Å²) in [6.07, 6.45) is 0. The van der Waals surface area contributed by atoms with Gasteiger partial charge in [0.2, 0.25) is 0 Å². The SMILES string of the molecule is Cl.O=C(c1ccccc1Cl)N1CCN(Cc2ccccc2)CC1. The van der Waals surface area contributed by atoms with Crippen molar-refractivity contribution in [2.24, 2.45) is 0 Å². The van der Waals surface area contributed by atoms with E-state index < -0.39 is 0 Å². The summed E-state index contributed by atoms with van der Waals surface area (Å²) in [5.74, 6) is 0.0324. The molecule has 2 aromatic carbocycles. The van der Waals surface area contributed by atoms with Gasteiger partial charge in [-0.1, -0.05) is 54.1 Å². The van der Waals surface area contributed by atoms with Gasteiger partial charge in [-0.3, -0.25) is 9.69 Å². The summed E-state index contributed by atoms with van der Waals surface area (Å²) >= 11 is 6.12. The minimum absolute atomic E-state index is 0. The Morgan fingerprint density at radius 3 is 2.17 bits per heavy atom. The minimum Gasteiger partial charge on any atom is -0.336 e. The lowest BCUT2D eigenvalue weighted by Gasteiger charge is -2.35. The van der Waals surface area contributed by atoms with Crippen molar-refractivity contribution in [2.75, 3.05) is 26.2 Å². The first kappa shape index (κ1) is 17.8. The Labute approximate surface area is 148 Å². The van der Waals surface area contributed by atoms with Crippen LogP contribution in [-0.2, 0) is 6.54 Å². The molecular formula is C18H20Cl2N2O. The Balaban J connectivity index is 0.00000192. The maximum Gasteiger partial charge on any atom is 0.255 e. The van der Waals surface area contributed by atoms with Gasteiger partial charge in [0, 0.05) is 32.7 Å². The highest BCUT2D eigenvalue weighted by Gasteiger charge is 2.23. The van der Waals surface area contributed by atoms with Crippen molar-refractivity contribution in [3.8, 4) is 0 Å². The van der Waals surface area contributed by atoms with E-state index in [1.165, 1.54) is 5.56 Å². The second-order valence-electron chi connectivity index (χ2n) is 5.53. The molecule has 1 amide bonds. The maximum atomic E-state index is 12.5. The lowest BCUT2D eigenvalue weighted by molar-refractivity contribution is 0.0628. The van der Waals surface area contributed by atoms with Crippen LogP contribution in [0.15, 0.2) is 54.6 Å². The van der Waals surface area contributed by atoms with Crippen molar-refractivity contribution < 1.29 is 4.79 Å². The molecule has 3 rings (SSSR count). The lowest BCUT2D eigenvalue weighted by Crippen LogP contribution is -2.48. The molecule has 0 N–H and O–H groups in total. The Morgan fingerprint density at radius 2 is 1.52 bits per heavy atom. The molecule has 0 spiro atoms. The molecule has 1 fully saturated rings. The fraction of sp³-hybridized carbons (Fsp3) is 0.278. The highest BCUT2D eigenvalue weighted by atomic mass is 35.5. The molecule has 0 aromatic heterocycles. The van der Waals surface area contributed by atoms with Crippen molar-refractivity contribution in [3.05, 3.63) is 70.7 Å². The zero-order chi connectivity index (χ0) is 15.4. The number of carbonyl (C=O) groups is 1. The fourth-order valence-corrected chi connectivity index (χ4v) is 2.97. The normalized spacial score (nSPS) is 15.1. The molecule has 0 atom stereocenters. The van der Waals surface area contributed by atoms with E-state index >= 15 is 0 Å². The quantitative estimate of drug-likeness (QED) is 0.842. The van der Waals surface area contributed by atoms with Gasteiger partial charge in [-0.2, -0.15) is 0 Å². The number of carbonyl (C=O) groups excluding carboxylic acids is 1. The molecule has 0 aliphatic carbocycles. The van der Waals surface area contributed by atoms with Crippen LogP contribution in [0.1, 0.15) is 15.9 Å². The molecule has 1 aliphatic rings. The molecule has 5 heteroatoms. The van der Waals surface area contributed by atoms with E-state index in [0.717, 1.165) is 32.7 Å². The van der Waals surface area contributed by atoms with E-state index in [9.17, 15) is 4.79 Å². The Morgan fingerprint density at radius 1 is 0.913 bits per heavy atom. The molecule has 1 heterocycles. The number of benzene rings is 2. The van der Waals surface area contributed by atoms with E-state index in [-0.39, 0.29) is 18.3 Å². The molecule has 23 heavy (non-hydrogen) atoms. The van der Waals surface area contributed by atoms with Crippen molar-refractivity contribution in [3.63, 3.8) is 0 Å². The van der Waals surface area contributed by atoms with Crippen molar-refractivity contribution in [1.82, 2.24) is 9.80 Å². The third kappa shape index (κ3) is 4.47. The topological polar surface area (TPSA) is 23.6 Å². The van der Waals surface area contributed by atoms with Gasteiger partial charge in [-0.15, -0.1) is 12.4 Å². The van der Waals surface area contributed by atoms with Crippen LogP contribution in [0, 0.1) is 0 Å². The third-order valence-corrected chi connectivity index (χ3v) is 4.34. The van der Waals surface area contributed by atoms with Crippen molar-refractivity contribution in [1.29, 1.82) is 0 Å². The van der Waals surface area contributed by atoms with Crippen LogP contribution in [0.3, 0.4) is 0 Å². The summed E-state index contributed by atoms with van der Waals surface area (Å²) in [4.78, 5) is 16.8. The van der Waals surface area contributed by atoms with E-state index in [2.05, 4.69) is 29.2 Å². The number of rotatable bonds is 3. The molecule has 2 aromatic rings. The molecule has 0 radical (unpaired) electrons. The smallest absolute Gasteiger partial charge is 0.255 e. The van der Waals surface area contributed by atoms with Crippen LogP contribution in [0.5, 0.6) is 0 Å². The largest absolute Gasteiger partial charge is 0.336 e. The molecule has 1 aliphatic heterocycles. The monoisotopic (exact) mass is 350 g/mol. The van der Waals surface area contributed by atoms with E-state index in [4.69, 9.17) is 11.6 Å². The highest BCUT2D eigenvalue weighted by Crippen LogP contribution is 2.18. The number of hydrogen-bond acceptors (Lipinski definition) is 2. The molecule has 0 bridgehead atoms. The number of hydrogen-bond donors (Lipinski definition) is 0. The number of halogens is 2. The van der Waals surface area contributed by atoms with Crippen LogP contribution in [0.2, 0.25) is 5.02 Å². The van der Waals surface area contributed by atoms with Crippen LogP contribution in [-0.4, -0.2) is 41.9 Å². The van der Waals surface area contributed by atoms with E-state index in [1.54, 1.807) is 12.1 Å². The summed E-state index contributed by atoms with van der Waals surface area (Å²) in [5, 5.41) is 0.527. The molecule has 122 valence electrons. The lowest BCUT2D eigenvalue weighted by atomic mass is 10.1. The molecule has 1 saturated heterocycles. The van der Waals surface area contributed by atoms with Crippen LogP contribution < -0.4 is 0 Å². The van der Waals surface area contributed by atoms with Gasteiger partial charge < -0.3 is 4.90 Å². The summed E-state index contributed by atoms with van der Waals surface area (Å²) in [6, 6.07) is 17.7. The summed E-state index contributed by atoms with van der Waals surface area (Å²) in [6.45, 7) is 4.22. The molecule has 0 unspecified atom stereocenters. The second kappa shape index (κ2) is 8.34. The van der Waals surface area contributed by atoms with Gasteiger partial charge in [-0.25, -0.2) is 0 Å². The highest BCUT2D eigenvalue weighted by molar-refractivity contribution is 6.33. The predicted molar refractivity (Wildman–Crippen MR) is 96.3 cm³/mol. The van der Waals surface area contributed by atoms with E-state index in [0.29, 0.717) is 10.6 Å². The zero-order valence-electron chi connectivity index (χ0n) is 12.8. The first-order valence-electron chi connectivity index (χ1n) is 7.54. The fourth-order valence-electron chi connectivity index (χ4n) is 2.76. The van der Waals surface area contributed by atoms with Crippen molar-refractivity contribution >= 4 is 29.9 Å². The number of nitrogens with zero attached hydrogens (tertiary/aromatic N) is 2.